The molecule has 0 aliphatic rings. The van der Waals surface area contributed by atoms with Gasteiger partial charge in [-0.3, -0.25) is 0 Å². The first-order valence-corrected chi connectivity index (χ1v) is 6.08. The van der Waals surface area contributed by atoms with Crippen molar-refractivity contribution in [1.29, 1.82) is 0 Å². The number of benzene rings is 1. The van der Waals surface area contributed by atoms with Gasteiger partial charge < -0.3 is 5.32 Å². The van der Waals surface area contributed by atoms with Crippen LogP contribution in [0.15, 0.2) is 39.8 Å². The summed E-state index contributed by atoms with van der Waals surface area (Å²) >= 11 is 7.00. The molecule has 0 fully saturated rings. The smallest absolute Gasteiger partial charge is 0.0515 e. The molecule has 1 rings (SSSR count). The topological polar surface area (TPSA) is 12.0 Å². The van der Waals surface area contributed by atoms with Crippen molar-refractivity contribution in [3.63, 3.8) is 0 Å². The van der Waals surface area contributed by atoms with Gasteiger partial charge in [-0.05, 0) is 30.3 Å². The number of hydrogen-bond acceptors (Lipinski definition) is 1. The lowest BCUT2D eigenvalue weighted by Crippen LogP contribution is -2.19. The summed E-state index contributed by atoms with van der Waals surface area (Å²) in [6.07, 6.45) is 1.91. The maximum absolute atomic E-state index is 3.83. The summed E-state index contributed by atoms with van der Waals surface area (Å²) in [7, 11) is 0. The minimum atomic E-state index is 0.201. The number of rotatable bonds is 4. The highest BCUT2D eigenvalue weighted by Crippen LogP contribution is 2.27. The lowest BCUT2D eigenvalue weighted by atomic mass is 10.1. The van der Waals surface area contributed by atoms with Crippen molar-refractivity contribution in [3.8, 4) is 0 Å². The van der Waals surface area contributed by atoms with Crippen molar-refractivity contribution in [2.75, 3.05) is 6.54 Å². The van der Waals surface area contributed by atoms with Gasteiger partial charge >= 0.3 is 0 Å². The van der Waals surface area contributed by atoms with E-state index in [-0.39, 0.29) is 6.04 Å². The highest BCUT2D eigenvalue weighted by Gasteiger charge is 2.09. The van der Waals surface area contributed by atoms with Crippen LogP contribution in [0.3, 0.4) is 0 Å². The zero-order valence-electron chi connectivity index (χ0n) is 8.06. The Balaban J connectivity index is 3.01. The van der Waals surface area contributed by atoms with Gasteiger partial charge in [0.2, 0.25) is 0 Å². The molecule has 0 radical (unpaired) electrons. The molecule has 1 unspecified atom stereocenters. The zero-order valence-corrected chi connectivity index (χ0v) is 11.2. The minimum Gasteiger partial charge on any atom is -0.307 e. The lowest BCUT2D eigenvalue weighted by molar-refractivity contribution is 0.647. The number of likely N-dealkylation sites (N-methyl/N-ethyl adjacent to an activating group) is 1. The number of hydrogen-bond donors (Lipinski definition) is 1. The molecule has 0 aliphatic heterocycles. The van der Waals surface area contributed by atoms with Gasteiger partial charge in [-0.1, -0.05) is 44.9 Å². The quantitative estimate of drug-likeness (QED) is 0.826. The molecule has 0 bridgehead atoms. The van der Waals surface area contributed by atoms with Gasteiger partial charge in [-0.15, -0.1) is 6.58 Å². The average Bonchev–Trinajstić information content (AvgIpc) is 2.18. The average molecular weight is 319 g/mol. The molecule has 1 nitrogen and oxygen atoms in total. The maximum atomic E-state index is 3.83. The highest BCUT2D eigenvalue weighted by molar-refractivity contribution is 9.11. The Labute approximate surface area is 102 Å². The van der Waals surface area contributed by atoms with Crippen LogP contribution in [0.2, 0.25) is 0 Å². The second kappa shape index (κ2) is 5.69. The van der Waals surface area contributed by atoms with Crippen molar-refractivity contribution >= 4 is 31.9 Å². The summed E-state index contributed by atoms with van der Waals surface area (Å²) in [4.78, 5) is 0. The Hall–Kier alpha value is -0.120. The van der Waals surface area contributed by atoms with Gasteiger partial charge in [0.1, 0.15) is 0 Å². The van der Waals surface area contributed by atoms with Crippen LogP contribution in [0.25, 0.3) is 0 Å². The van der Waals surface area contributed by atoms with Crippen molar-refractivity contribution < 1.29 is 0 Å². The van der Waals surface area contributed by atoms with Crippen molar-refractivity contribution in [2.45, 2.75) is 13.0 Å². The van der Waals surface area contributed by atoms with E-state index in [1.165, 1.54) is 5.56 Å². The van der Waals surface area contributed by atoms with E-state index in [0.29, 0.717) is 0 Å². The van der Waals surface area contributed by atoms with E-state index in [9.17, 15) is 0 Å². The van der Waals surface area contributed by atoms with Gasteiger partial charge in [0, 0.05) is 8.95 Å². The molecule has 3 heteroatoms. The normalized spacial score (nSPS) is 12.5. The molecule has 0 aliphatic carbocycles. The Kier molecular flexibility index (Phi) is 4.85. The molecule has 1 aromatic carbocycles. The van der Waals surface area contributed by atoms with Gasteiger partial charge in [0.15, 0.2) is 0 Å². The molecule has 76 valence electrons. The lowest BCUT2D eigenvalue weighted by Gasteiger charge is -2.15. The van der Waals surface area contributed by atoms with Crippen LogP contribution in [0.5, 0.6) is 0 Å². The standard InChI is InChI=1S/C11H13Br2N/c1-3-11(14-4-2)9-7-8(12)5-6-10(9)13/h3,5-7,11,14H,1,4H2,2H3. The van der Waals surface area contributed by atoms with E-state index in [4.69, 9.17) is 0 Å². The molecule has 14 heavy (non-hydrogen) atoms. The largest absolute Gasteiger partial charge is 0.307 e. The molecule has 1 atom stereocenters. The van der Waals surface area contributed by atoms with E-state index in [1.807, 2.05) is 18.2 Å². The summed E-state index contributed by atoms with van der Waals surface area (Å²) in [5.74, 6) is 0. The zero-order chi connectivity index (χ0) is 10.6. The molecule has 0 saturated carbocycles. The Morgan fingerprint density at radius 2 is 2.21 bits per heavy atom. The fourth-order valence-electron chi connectivity index (χ4n) is 1.29. The van der Waals surface area contributed by atoms with Crippen LogP contribution in [0.1, 0.15) is 18.5 Å². The molecule has 0 heterocycles. The summed E-state index contributed by atoms with van der Waals surface area (Å²) in [5.41, 5.74) is 1.20. The first kappa shape index (κ1) is 12.0. The third kappa shape index (κ3) is 2.94. The van der Waals surface area contributed by atoms with E-state index in [0.717, 1.165) is 15.5 Å². The SMILES string of the molecule is C=CC(NCC)c1cc(Br)ccc1Br. The predicted molar refractivity (Wildman–Crippen MR) is 68.5 cm³/mol. The van der Waals surface area contributed by atoms with Crippen molar-refractivity contribution in [2.24, 2.45) is 0 Å². The first-order chi connectivity index (χ1) is 6.69. The van der Waals surface area contributed by atoms with Gasteiger partial charge in [-0.2, -0.15) is 0 Å². The van der Waals surface area contributed by atoms with E-state index >= 15 is 0 Å². The summed E-state index contributed by atoms with van der Waals surface area (Å²) < 4.78 is 2.19. The fourth-order valence-corrected chi connectivity index (χ4v) is 2.17. The maximum Gasteiger partial charge on any atom is 0.0515 e. The van der Waals surface area contributed by atoms with Crippen LogP contribution >= 0.6 is 31.9 Å². The van der Waals surface area contributed by atoms with E-state index < -0.39 is 0 Å². The molecule has 0 amide bonds. The van der Waals surface area contributed by atoms with Crippen LogP contribution in [0.4, 0.5) is 0 Å². The van der Waals surface area contributed by atoms with Gasteiger partial charge in [0.05, 0.1) is 6.04 Å². The van der Waals surface area contributed by atoms with Crippen LogP contribution < -0.4 is 5.32 Å². The first-order valence-electron chi connectivity index (χ1n) is 4.50. The second-order valence-corrected chi connectivity index (χ2v) is 4.71. The Bertz CT molecular complexity index is 323. The third-order valence-electron chi connectivity index (χ3n) is 1.95. The summed E-state index contributed by atoms with van der Waals surface area (Å²) in [6, 6.07) is 6.35. The molecule has 1 aromatic rings. The number of halogens is 2. The Morgan fingerprint density at radius 3 is 2.79 bits per heavy atom. The van der Waals surface area contributed by atoms with Crippen molar-refractivity contribution in [3.05, 3.63) is 45.4 Å². The monoisotopic (exact) mass is 317 g/mol. The summed E-state index contributed by atoms with van der Waals surface area (Å²) in [5, 5.41) is 3.35. The van der Waals surface area contributed by atoms with Crippen LogP contribution in [0, 0.1) is 0 Å². The summed E-state index contributed by atoms with van der Waals surface area (Å²) in [6.45, 7) is 6.84. The highest BCUT2D eigenvalue weighted by atomic mass is 79.9. The molecule has 0 spiro atoms. The predicted octanol–water partition coefficient (Wildman–Crippen LogP) is 4.05. The molecule has 0 saturated heterocycles. The fraction of sp³-hybridized carbons (Fsp3) is 0.273. The third-order valence-corrected chi connectivity index (χ3v) is 3.17. The molecule has 1 N–H and O–H groups in total. The van der Waals surface area contributed by atoms with Crippen LogP contribution in [-0.2, 0) is 0 Å². The van der Waals surface area contributed by atoms with Gasteiger partial charge in [-0.25, -0.2) is 0 Å². The van der Waals surface area contributed by atoms with Crippen LogP contribution in [-0.4, -0.2) is 6.54 Å². The number of nitrogens with one attached hydrogen (secondary N) is 1. The van der Waals surface area contributed by atoms with E-state index in [1.54, 1.807) is 0 Å². The molecular weight excluding hydrogens is 306 g/mol. The van der Waals surface area contributed by atoms with E-state index in [2.05, 4.69) is 56.7 Å². The second-order valence-electron chi connectivity index (χ2n) is 2.94. The molecule has 0 aromatic heterocycles. The van der Waals surface area contributed by atoms with Gasteiger partial charge in [0.25, 0.3) is 0 Å². The van der Waals surface area contributed by atoms with Crippen molar-refractivity contribution in [1.82, 2.24) is 5.32 Å². The molecular formula is C11H13Br2N. The Morgan fingerprint density at radius 1 is 1.50 bits per heavy atom. The minimum absolute atomic E-state index is 0.201.